The van der Waals surface area contributed by atoms with E-state index in [1.165, 1.54) is 36.5 Å². The van der Waals surface area contributed by atoms with Crippen molar-refractivity contribution < 1.29 is 37.0 Å². The summed E-state index contributed by atoms with van der Waals surface area (Å²) < 4.78 is 49.0. The summed E-state index contributed by atoms with van der Waals surface area (Å²) in [4.78, 5) is 24.4. The average Bonchev–Trinajstić information content (AvgIpc) is 2.83. The van der Waals surface area contributed by atoms with Gasteiger partial charge in [-0.3, -0.25) is 4.79 Å². The number of morpholine rings is 1. The van der Waals surface area contributed by atoms with Gasteiger partial charge >= 0.3 is 5.97 Å². The number of sulfonamides is 1. The minimum absolute atomic E-state index is 0.0586. The lowest BCUT2D eigenvalue weighted by molar-refractivity contribution is 0.0469. The molecule has 1 fully saturated rings. The van der Waals surface area contributed by atoms with Crippen LogP contribution >= 0.6 is 0 Å². The third-order valence-corrected chi connectivity index (χ3v) is 7.03. The molecule has 0 bridgehead atoms. The Morgan fingerprint density at radius 3 is 2.33 bits per heavy atom. The molecular formula is C23H27NO8S. The molecule has 33 heavy (non-hydrogen) atoms. The second-order valence-corrected chi connectivity index (χ2v) is 9.18. The Morgan fingerprint density at radius 2 is 1.70 bits per heavy atom. The topological polar surface area (TPSA) is 108 Å². The molecule has 1 aliphatic rings. The Morgan fingerprint density at radius 1 is 1.03 bits per heavy atom. The van der Waals surface area contributed by atoms with E-state index in [2.05, 4.69) is 0 Å². The summed E-state index contributed by atoms with van der Waals surface area (Å²) >= 11 is 0. The fraction of sp³-hybridized carbons (Fsp3) is 0.391. The van der Waals surface area contributed by atoms with Crippen LogP contribution in [0, 0.1) is 0 Å². The second-order valence-electron chi connectivity index (χ2n) is 7.27. The van der Waals surface area contributed by atoms with E-state index in [0.29, 0.717) is 36.7 Å². The van der Waals surface area contributed by atoms with Crippen molar-refractivity contribution in [3.8, 4) is 11.5 Å². The van der Waals surface area contributed by atoms with Gasteiger partial charge in [-0.05, 0) is 50.2 Å². The van der Waals surface area contributed by atoms with Crippen molar-refractivity contribution in [3.05, 3.63) is 53.1 Å². The van der Waals surface area contributed by atoms with Gasteiger partial charge in [0, 0.05) is 24.2 Å². The van der Waals surface area contributed by atoms with Crippen LogP contribution in [-0.2, 0) is 26.1 Å². The molecule has 1 heterocycles. The van der Waals surface area contributed by atoms with Crippen LogP contribution < -0.4 is 9.47 Å². The number of rotatable bonds is 9. The molecule has 0 spiro atoms. The maximum Gasteiger partial charge on any atom is 0.338 e. The molecule has 178 valence electrons. The molecule has 3 rings (SSSR count). The van der Waals surface area contributed by atoms with Crippen molar-refractivity contribution in [2.75, 3.05) is 40.0 Å². The van der Waals surface area contributed by atoms with Crippen LogP contribution in [-0.4, -0.2) is 64.5 Å². The van der Waals surface area contributed by atoms with Crippen molar-refractivity contribution in [1.82, 2.24) is 4.31 Å². The van der Waals surface area contributed by atoms with E-state index < -0.39 is 16.0 Å². The summed E-state index contributed by atoms with van der Waals surface area (Å²) in [7, 11) is -2.53. The Labute approximate surface area is 193 Å². The van der Waals surface area contributed by atoms with E-state index in [0.717, 1.165) is 0 Å². The molecule has 2 aromatic carbocycles. The summed E-state index contributed by atoms with van der Waals surface area (Å²) in [6, 6.07) is 9.03. The zero-order valence-corrected chi connectivity index (χ0v) is 19.6. The Bertz CT molecular complexity index is 1120. The van der Waals surface area contributed by atoms with E-state index in [-0.39, 0.29) is 41.7 Å². The van der Waals surface area contributed by atoms with E-state index >= 15 is 0 Å². The van der Waals surface area contributed by atoms with Crippen LogP contribution in [0.4, 0.5) is 0 Å². The summed E-state index contributed by atoms with van der Waals surface area (Å²) in [5.41, 5.74) is 1.06. The van der Waals surface area contributed by atoms with E-state index in [1.807, 2.05) is 6.92 Å². The standard InChI is InChI=1S/C23H27NO8S/c1-4-31-20-7-5-17(16(2)25)13-19(20)15-32-23(26)18-6-8-21(29-3)22(14-18)33(27,28)24-9-11-30-12-10-24/h5-8,13-14H,4,9-12,15H2,1-3H3. The van der Waals surface area contributed by atoms with Gasteiger partial charge in [0.25, 0.3) is 0 Å². The van der Waals surface area contributed by atoms with Crippen LogP contribution in [0.5, 0.6) is 11.5 Å². The molecule has 0 amide bonds. The van der Waals surface area contributed by atoms with Gasteiger partial charge in [-0.1, -0.05) is 0 Å². The number of hydrogen-bond donors (Lipinski definition) is 0. The van der Waals surface area contributed by atoms with Gasteiger partial charge in [0.15, 0.2) is 5.78 Å². The smallest absolute Gasteiger partial charge is 0.338 e. The van der Waals surface area contributed by atoms with Crippen LogP contribution in [0.15, 0.2) is 41.3 Å². The Hall–Kier alpha value is -2.95. The van der Waals surface area contributed by atoms with Gasteiger partial charge in [-0.25, -0.2) is 13.2 Å². The third kappa shape index (κ3) is 5.70. The lowest BCUT2D eigenvalue weighted by Gasteiger charge is -2.26. The van der Waals surface area contributed by atoms with Gasteiger partial charge < -0.3 is 18.9 Å². The normalized spacial score (nSPS) is 14.5. The molecule has 0 N–H and O–H groups in total. The first-order valence-electron chi connectivity index (χ1n) is 10.5. The number of methoxy groups -OCH3 is 1. The first-order valence-corrected chi connectivity index (χ1v) is 11.9. The van der Waals surface area contributed by atoms with Crippen LogP contribution in [0.3, 0.4) is 0 Å². The number of hydrogen-bond acceptors (Lipinski definition) is 8. The molecule has 1 saturated heterocycles. The zero-order valence-electron chi connectivity index (χ0n) is 18.8. The summed E-state index contributed by atoms with van der Waals surface area (Å²) in [6.45, 7) is 4.55. The van der Waals surface area contributed by atoms with Crippen LogP contribution in [0.25, 0.3) is 0 Å². The molecule has 0 unspecified atom stereocenters. The maximum absolute atomic E-state index is 13.1. The van der Waals surface area contributed by atoms with Gasteiger partial charge in [0.1, 0.15) is 23.0 Å². The van der Waals surface area contributed by atoms with Crippen molar-refractivity contribution in [1.29, 1.82) is 0 Å². The molecule has 0 aliphatic carbocycles. The Balaban J connectivity index is 1.84. The quantitative estimate of drug-likeness (QED) is 0.401. The van der Waals surface area contributed by atoms with Gasteiger partial charge in [-0.15, -0.1) is 0 Å². The molecule has 0 atom stereocenters. The van der Waals surface area contributed by atoms with E-state index in [1.54, 1.807) is 18.2 Å². The van der Waals surface area contributed by atoms with Gasteiger partial charge in [0.05, 0.1) is 32.5 Å². The minimum Gasteiger partial charge on any atom is -0.495 e. The lowest BCUT2D eigenvalue weighted by atomic mass is 10.1. The largest absolute Gasteiger partial charge is 0.495 e. The molecule has 9 nitrogen and oxygen atoms in total. The molecule has 1 aliphatic heterocycles. The van der Waals surface area contributed by atoms with Crippen molar-refractivity contribution >= 4 is 21.8 Å². The summed E-state index contributed by atoms with van der Waals surface area (Å²) in [6.07, 6.45) is 0. The first kappa shape index (κ1) is 24.7. The third-order valence-electron chi connectivity index (χ3n) is 5.11. The number of nitrogens with zero attached hydrogens (tertiary/aromatic N) is 1. The average molecular weight is 478 g/mol. The lowest BCUT2D eigenvalue weighted by Crippen LogP contribution is -2.40. The predicted octanol–water partition coefficient (Wildman–Crippen LogP) is 2.67. The fourth-order valence-corrected chi connectivity index (χ4v) is 4.95. The van der Waals surface area contributed by atoms with Crippen molar-refractivity contribution in [2.45, 2.75) is 25.3 Å². The molecular weight excluding hydrogens is 450 g/mol. The number of Topliss-reactive ketones (excluding diaryl/α,β-unsaturated/α-hetero) is 1. The number of ketones is 1. The molecule has 0 aromatic heterocycles. The van der Waals surface area contributed by atoms with Gasteiger partial charge in [0.2, 0.25) is 10.0 Å². The number of carbonyl (C=O) groups is 2. The number of esters is 1. The van der Waals surface area contributed by atoms with Crippen LogP contribution in [0.1, 0.15) is 40.1 Å². The zero-order chi connectivity index (χ0) is 24.0. The van der Waals surface area contributed by atoms with E-state index in [9.17, 15) is 18.0 Å². The summed E-state index contributed by atoms with van der Waals surface area (Å²) in [5, 5.41) is 0. The molecule has 0 radical (unpaired) electrons. The van der Waals surface area contributed by atoms with E-state index in [4.69, 9.17) is 18.9 Å². The molecule has 10 heteroatoms. The van der Waals surface area contributed by atoms with Crippen LogP contribution in [0.2, 0.25) is 0 Å². The summed E-state index contributed by atoms with van der Waals surface area (Å²) in [5.74, 6) is -0.211. The number of carbonyl (C=O) groups excluding carboxylic acids is 2. The van der Waals surface area contributed by atoms with Gasteiger partial charge in [-0.2, -0.15) is 4.31 Å². The highest BCUT2D eigenvalue weighted by Crippen LogP contribution is 2.29. The highest BCUT2D eigenvalue weighted by Gasteiger charge is 2.30. The molecule has 2 aromatic rings. The van der Waals surface area contributed by atoms with Crippen molar-refractivity contribution in [3.63, 3.8) is 0 Å². The minimum atomic E-state index is -3.89. The number of benzene rings is 2. The maximum atomic E-state index is 13.1. The number of ether oxygens (including phenoxy) is 4. The first-order chi connectivity index (χ1) is 15.8. The highest BCUT2D eigenvalue weighted by molar-refractivity contribution is 7.89. The monoisotopic (exact) mass is 477 g/mol. The Kier molecular flexibility index (Phi) is 8.06. The predicted molar refractivity (Wildman–Crippen MR) is 119 cm³/mol. The second kappa shape index (κ2) is 10.8. The SMILES string of the molecule is CCOc1ccc(C(C)=O)cc1COC(=O)c1ccc(OC)c(S(=O)(=O)N2CCOCC2)c1. The van der Waals surface area contributed by atoms with Crippen molar-refractivity contribution in [2.24, 2.45) is 0 Å². The fourth-order valence-electron chi connectivity index (χ4n) is 3.37. The molecule has 0 saturated carbocycles. The highest BCUT2D eigenvalue weighted by atomic mass is 32.2.